The summed E-state index contributed by atoms with van der Waals surface area (Å²) in [6, 6.07) is 4.97. The minimum atomic E-state index is -1.18. The van der Waals surface area contributed by atoms with Crippen LogP contribution in [0.2, 0.25) is 0 Å². The number of rotatable bonds is 3. The molecule has 20 heavy (non-hydrogen) atoms. The van der Waals surface area contributed by atoms with Crippen LogP contribution in [-0.2, 0) is 6.61 Å². The van der Waals surface area contributed by atoms with Gasteiger partial charge in [0.15, 0.2) is 5.75 Å². The van der Waals surface area contributed by atoms with Gasteiger partial charge in [-0.1, -0.05) is 12.5 Å². The second-order valence-electron chi connectivity index (χ2n) is 5.16. The number of fused-ring (bicyclic) bond motifs is 1. The predicted octanol–water partition coefficient (Wildman–Crippen LogP) is 2.40. The second-order valence-corrected chi connectivity index (χ2v) is 5.16. The van der Waals surface area contributed by atoms with Crippen molar-refractivity contribution in [3.8, 4) is 5.75 Å². The Bertz CT molecular complexity index is 692. The van der Waals surface area contributed by atoms with E-state index >= 15 is 0 Å². The summed E-state index contributed by atoms with van der Waals surface area (Å²) in [6.07, 6.45) is 2.94. The lowest BCUT2D eigenvalue weighted by Gasteiger charge is -2.26. The third-order valence-electron chi connectivity index (χ3n) is 3.94. The van der Waals surface area contributed by atoms with Crippen molar-refractivity contribution in [3.63, 3.8) is 0 Å². The molecule has 0 unspecified atom stereocenters. The highest BCUT2D eigenvalue weighted by Gasteiger charge is 2.28. The van der Waals surface area contributed by atoms with Gasteiger partial charge in [0.25, 0.3) is 0 Å². The maximum absolute atomic E-state index is 11.5. The summed E-state index contributed by atoms with van der Waals surface area (Å²) < 4.78 is 0. The normalized spacial score (nSPS) is 15.2. The fourth-order valence-corrected chi connectivity index (χ4v) is 2.60. The first-order valence-electron chi connectivity index (χ1n) is 6.61. The molecule has 3 N–H and O–H groups in total. The summed E-state index contributed by atoms with van der Waals surface area (Å²) in [5.74, 6) is -1.26. The topological polar surface area (TPSA) is 90.7 Å². The number of hydrogen-bond acceptors (Lipinski definition) is 4. The van der Waals surface area contributed by atoms with Crippen LogP contribution in [0.25, 0.3) is 10.9 Å². The zero-order valence-corrected chi connectivity index (χ0v) is 10.8. The minimum Gasteiger partial charge on any atom is -0.505 e. The second kappa shape index (κ2) is 4.76. The lowest BCUT2D eigenvalue weighted by molar-refractivity contribution is 0.0695. The van der Waals surface area contributed by atoms with Crippen molar-refractivity contribution >= 4 is 16.9 Å². The predicted molar refractivity (Wildman–Crippen MR) is 72.9 cm³/mol. The van der Waals surface area contributed by atoms with Gasteiger partial charge in [-0.15, -0.1) is 0 Å². The van der Waals surface area contributed by atoms with E-state index in [0.717, 1.165) is 19.3 Å². The molecule has 0 bridgehead atoms. The Morgan fingerprint density at radius 1 is 1.35 bits per heavy atom. The largest absolute Gasteiger partial charge is 0.505 e. The molecule has 0 aliphatic heterocycles. The maximum Gasteiger partial charge on any atom is 0.340 e. The van der Waals surface area contributed by atoms with Gasteiger partial charge in [0.05, 0.1) is 17.8 Å². The lowest BCUT2D eigenvalue weighted by Crippen LogP contribution is -2.13. The summed E-state index contributed by atoms with van der Waals surface area (Å²) in [7, 11) is 0. The van der Waals surface area contributed by atoms with Gasteiger partial charge in [0.1, 0.15) is 5.56 Å². The van der Waals surface area contributed by atoms with Crippen molar-refractivity contribution in [1.82, 2.24) is 4.98 Å². The fraction of sp³-hybridized carbons (Fsp3) is 0.333. The van der Waals surface area contributed by atoms with Gasteiger partial charge in [-0.2, -0.15) is 0 Å². The summed E-state index contributed by atoms with van der Waals surface area (Å²) in [5, 5.41) is 29.1. The number of aromatic hydroxyl groups is 1. The van der Waals surface area contributed by atoms with Gasteiger partial charge in [-0.3, -0.25) is 0 Å². The summed E-state index contributed by atoms with van der Waals surface area (Å²) in [4.78, 5) is 15.9. The first-order valence-corrected chi connectivity index (χ1v) is 6.61. The number of carboxylic acid groups (broad SMARTS) is 1. The molecule has 1 aliphatic rings. The van der Waals surface area contributed by atoms with Crippen LogP contribution in [-0.4, -0.2) is 26.3 Å². The van der Waals surface area contributed by atoms with Crippen LogP contribution in [0.1, 0.15) is 46.8 Å². The molecule has 1 heterocycles. The van der Waals surface area contributed by atoms with Gasteiger partial charge in [0.2, 0.25) is 0 Å². The highest BCUT2D eigenvalue weighted by molar-refractivity contribution is 6.05. The van der Waals surface area contributed by atoms with Crippen molar-refractivity contribution in [3.05, 3.63) is 35.0 Å². The van der Waals surface area contributed by atoms with E-state index in [-0.39, 0.29) is 23.8 Å². The molecule has 0 amide bonds. The Kier molecular flexibility index (Phi) is 3.06. The van der Waals surface area contributed by atoms with E-state index in [4.69, 9.17) is 5.11 Å². The molecule has 0 atom stereocenters. The van der Waals surface area contributed by atoms with E-state index in [9.17, 15) is 15.0 Å². The molecular formula is C15H15NO4. The van der Waals surface area contributed by atoms with E-state index in [1.807, 2.05) is 0 Å². The van der Waals surface area contributed by atoms with Crippen molar-refractivity contribution in [2.75, 3.05) is 0 Å². The van der Waals surface area contributed by atoms with Crippen LogP contribution in [0.4, 0.5) is 0 Å². The molecule has 104 valence electrons. The Labute approximate surface area is 115 Å². The van der Waals surface area contributed by atoms with Gasteiger partial charge in [0, 0.05) is 11.3 Å². The first-order chi connectivity index (χ1) is 9.61. The van der Waals surface area contributed by atoms with E-state index in [1.165, 1.54) is 0 Å². The maximum atomic E-state index is 11.5. The van der Waals surface area contributed by atoms with Gasteiger partial charge in [-0.25, -0.2) is 9.78 Å². The number of benzene rings is 1. The van der Waals surface area contributed by atoms with E-state index in [1.54, 1.807) is 18.2 Å². The van der Waals surface area contributed by atoms with Gasteiger partial charge >= 0.3 is 5.97 Å². The zero-order valence-electron chi connectivity index (χ0n) is 10.8. The van der Waals surface area contributed by atoms with Crippen LogP contribution in [0, 0.1) is 0 Å². The third-order valence-corrected chi connectivity index (χ3v) is 3.94. The third kappa shape index (κ3) is 1.91. The van der Waals surface area contributed by atoms with Crippen LogP contribution >= 0.6 is 0 Å². The molecule has 0 saturated heterocycles. The Balaban J connectivity index is 2.30. The summed E-state index contributed by atoms with van der Waals surface area (Å²) in [6.45, 7) is -0.180. The Morgan fingerprint density at radius 2 is 2.10 bits per heavy atom. The van der Waals surface area contributed by atoms with Crippen molar-refractivity contribution in [1.29, 1.82) is 0 Å². The highest BCUT2D eigenvalue weighted by atomic mass is 16.4. The molecule has 3 rings (SSSR count). The molecule has 1 saturated carbocycles. The average Bonchev–Trinajstić information content (AvgIpc) is 2.36. The van der Waals surface area contributed by atoms with Crippen LogP contribution < -0.4 is 0 Å². The smallest absolute Gasteiger partial charge is 0.340 e. The van der Waals surface area contributed by atoms with Crippen LogP contribution in [0.15, 0.2) is 18.2 Å². The monoisotopic (exact) mass is 273 g/mol. The molecule has 1 aromatic heterocycles. The molecule has 0 radical (unpaired) electrons. The number of aliphatic hydroxyl groups is 1. The number of carbonyl (C=O) groups is 1. The fourth-order valence-electron chi connectivity index (χ4n) is 2.60. The average molecular weight is 273 g/mol. The highest BCUT2D eigenvalue weighted by Crippen LogP contribution is 2.42. The number of aliphatic hydroxyl groups excluding tert-OH is 1. The van der Waals surface area contributed by atoms with Crippen molar-refractivity contribution in [2.45, 2.75) is 31.8 Å². The minimum absolute atomic E-state index is 0.118. The number of pyridine rings is 1. The van der Waals surface area contributed by atoms with Crippen LogP contribution in [0.3, 0.4) is 0 Å². The van der Waals surface area contributed by atoms with Crippen molar-refractivity contribution in [2.24, 2.45) is 0 Å². The Hall–Kier alpha value is -2.14. The number of hydrogen-bond donors (Lipinski definition) is 3. The molecule has 1 aliphatic carbocycles. The Morgan fingerprint density at radius 3 is 2.65 bits per heavy atom. The lowest BCUT2D eigenvalue weighted by atomic mass is 9.81. The quantitative estimate of drug-likeness (QED) is 0.798. The van der Waals surface area contributed by atoms with Gasteiger partial charge in [-0.05, 0) is 30.5 Å². The summed E-state index contributed by atoms with van der Waals surface area (Å²) in [5.41, 5.74) is 1.50. The molecular weight excluding hydrogens is 258 g/mol. The van der Waals surface area contributed by atoms with Crippen molar-refractivity contribution < 1.29 is 20.1 Å². The zero-order chi connectivity index (χ0) is 14.3. The van der Waals surface area contributed by atoms with E-state index in [0.29, 0.717) is 22.2 Å². The molecule has 5 nitrogen and oxygen atoms in total. The standard InChI is InChI=1S/C15H15NO4/c17-7-8-4-5-11-10(6-8)12(15(19)20)14(18)13(16-11)9-2-1-3-9/h4-6,9,17-18H,1-3,7H2,(H,19,20). The SMILES string of the molecule is O=C(O)c1c(O)c(C2CCC2)nc2ccc(CO)cc12. The number of nitrogens with zero attached hydrogens (tertiary/aromatic N) is 1. The first kappa shape index (κ1) is 12.9. The number of aromatic nitrogens is 1. The van der Waals surface area contributed by atoms with Gasteiger partial charge < -0.3 is 15.3 Å². The number of carboxylic acids is 1. The molecule has 5 heteroatoms. The summed E-state index contributed by atoms with van der Waals surface area (Å²) >= 11 is 0. The number of aromatic carboxylic acids is 1. The molecule has 0 spiro atoms. The molecule has 2 aromatic rings. The van der Waals surface area contributed by atoms with E-state index < -0.39 is 5.97 Å². The molecule has 1 aromatic carbocycles. The molecule has 1 fully saturated rings. The van der Waals surface area contributed by atoms with E-state index in [2.05, 4.69) is 4.98 Å². The van der Waals surface area contributed by atoms with Crippen LogP contribution in [0.5, 0.6) is 5.75 Å².